The minimum absolute atomic E-state index is 0.201. The van der Waals surface area contributed by atoms with Gasteiger partial charge in [-0.2, -0.15) is 5.10 Å². The van der Waals surface area contributed by atoms with Gasteiger partial charge in [0.2, 0.25) is 0 Å². The van der Waals surface area contributed by atoms with Gasteiger partial charge in [0.1, 0.15) is 12.1 Å². The number of carbonyl (C=O) groups is 1. The Kier molecular flexibility index (Phi) is 6.87. The third-order valence-corrected chi connectivity index (χ3v) is 5.33. The zero-order valence-electron chi connectivity index (χ0n) is 19.6. The highest BCUT2D eigenvalue weighted by atomic mass is 16.6. The van der Waals surface area contributed by atoms with Crippen LogP contribution in [0, 0.1) is 13.8 Å². The fourth-order valence-electron chi connectivity index (χ4n) is 3.58. The number of benzene rings is 2. The van der Waals surface area contributed by atoms with Crippen LogP contribution in [0.2, 0.25) is 0 Å². The molecule has 0 atom stereocenters. The molecule has 7 heteroatoms. The SMILES string of the molecule is CCOC(=O)C(C)(C)Oc1c(C)cc(Cn2ncn(-c3ccc(CC)cc3)c2=O)cc1C. The van der Waals surface area contributed by atoms with Crippen LogP contribution in [0.3, 0.4) is 0 Å². The number of ether oxygens (including phenoxy) is 2. The highest BCUT2D eigenvalue weighted by molar-refractivity contribution is 5.79. The summed E-state index contributed by atoms with van der Waals surface area (Å²) in [4.78, 5) is 25.1. The number of aromatic nitrogens is 3. The second-order valence-electron chi connectivity index (χ2n) is 8.35. The average molecular weight is 438 g/mol. The van der Waals surface area contributed by atoms with E-state index in [9.17, 15) is 9.59 Å². The number of esters is 1. The second-order valence-corrected chi connectivity index (χ2v) is 8.35. The van der Waals surface area contributed by atoms with Gasteiger partial charge >= 0.3 is 11.7 Å². The quantitative estimate of drug-likeness (QED) is 0.498. The zero-order valence-corrected chi connectivity index (χ0v) is 19.6. The number of carbonyl (C=O) groups excluding carboxylic acids is 1. The molecule has 0 amide bonds. The van der Waals surface area contributed by atoms with Gasteiger partial charge in [-0.05, 0) is 75.4 Å². The summed E-state index contributed by atoms with van der Waals surface area (Å²) in [5.74, 6) is 0.229. The first-order chi connectivity index (χ1) is 15.2. The maximum absolute atomic E-state index is 12.9. The Balaban J connectivity index is 1.83. The minimum atomic E-state index is -1.10. The Labute approximate surface area is 188 Å². The molecular formula is C25H31N3O4. The van der Waals surface area contributed by atoms with Crippen molar-refractivity contribution in [1.29, 1.82) is 0 Å². The van der Waals surface area contributed by atoms with Gasteiger partial charge in [0.15, 0.2) is 5.60 Å². The predicted molar refractivity (Wildman–Crippen MR) is 124 cm³/mol. The van der Waals surface area contributed by atoms with Crippen molar-refractivity contribution >= 4 is 5.97 Å². The lowest BCUT2D eigenvalue weighted by Gasteiger charge is -2.26. The van der Waals surface area contributed by atoms with E-state index in [4.69, 9.17) is 9.47 Å². The highest BCUT2D eigenvalue weighted by Gasteiger charge is 2.32. The summed E-state index contributed by atoms with van der Waals surface area (Å²) in [5.41, 5.74) is 3.38. The molecule has 0 bridgehead atoms. The first kappa shape index (κ1) is 23.3. The highest BCUT2D eigenvalue weighted by Crippen LogP contribution is 2.29. The van der Waals surface area contributed by atoms with Gasteiger partial charge in [-0.1, -0.05) is 31.2 Å². The summed E-state index contributed by atoms with van der Waals surface area (Å²) < 4.78 is 14.1. The molecule has 3 aromatic rings. The standard InChI is InChI=1S/C25H31N3O4/c1-7-19-9-11-21(12-10-19)27-16-26-28(24(27)30)15-20-13-17(3)22(18(4)14-20)32-25(5,6)23(29)31-8-2/h9-14,16H,7-8,15H2,1-6H3. The molecule has 3 rings (SSSR count). The Bertz CT molecular complexity index is 1130. The van der Waals surface area contributed by atoms with E-state index in [1.165, 1.54) is 10.2 Å². The molecule has 32 heavy (non-hydrogen) atoms. The van der Waals surface area contributed by atoms with Gasteiger partial charge < -0.3 is 9.47 Å². The lowest BCUT2D eigenvalue weighted by Crippen LogP contribution is -2.40. The molecule has 1 heterocycles. The second kappa shape index (κ2) is 9.42. The van der Waals surface area contributed by atoms with Crippen LogP contribution in [0.15, 0.2) is 47.5 Å². The maximum atomic E-state index is 12.9. The molecule has 0 unspecified atom stereocenters. The van der Waals surface area contributed by atoms with Crippen LogP contribution in [0.1, 0.15) is 49.9 Å². The van der Waals surface area contributed by atoms with Crippen molar-refractivity contribution < 1.29 is 14.3 Å². The fourth-order valence-corrected chi connectivity index (χ4v) is 3.58. The normalized spacial score (nSPS) is 11.4. The fraction of sp³-hybridized carbons (Fsp3) is 0.400. The number of nitrogens with zero attached hydrogens (tertiary/aromatic N) is 3. The van der Waals surface area contributed by atoms with Crippen LogP contribution in [0.25, 0.3) is 5.69 Å². The summed E-state index contributed by atoms with van der Waals surface area (Å²) in [6.07, 6.45) is 2.49. The molecule has 170 valence electrons. The molecule has 0 fully saturated rings. The molecule has 0 spiro atoms. The molecule has 0 N–H and O–H groups in total. The average Bonchev–Trinajstić information content (AvgIpc) is 3.11. The van der Waals surface area contributed by atoms with Crippen LogP contribution in [-0.4, -0.2) is 32.5 Å². The van der Waals surface area contributed by atoms with E-state index in [-0.39, 0.29) is 5.69 Å². The lowest BCUT2D eigenvalue weighted by molar-refractivity contribution is -0.158. The lowest BCUT2D eigenvalue weighted by atomic mass is 10.0. The number of aryl methyl sites for hydroxylation is 3. The Morgan fingerprint density at radius 3 is 2.22 bits per heavy atom. The van der Waals surface area contributed by atoms with Crippen molar-refractivity contribution in [3.05, 3.63) is 75.5 Å². The number of rotatable bonds is 8. The summed E-state index contributed by atoms with van der Waals surface area (Å²) in [6.45, 7) is 11.7. The largest absolute Gasteiger partial charge is 0.476 e. The molecule has 1 aromatic heterocycles. The van der Waals surface area contributed by atoms with E-state index in [1.807, 2.05) is 50.2 Å². The van der Waals surface area contributed by atoms with E-state index >= 15 is 0 Å². The van der Waals surface area contributed by atoms with E-state index in [1.54, 1.807) is 31.7 Å². The summed E-state index contributed by atoms with van der Waals surface area (Å²) in [6, 6.07) is 11.8. The molecular weight excluding hydrogens is 406 g/mol. The Hall–Kier alpha value is -3.35. The van der Waals surface area contributed by atoms with Gasteiger partial charge in [-0.15, -0.1) is 0 Å². The molecule has 0 aliphatic carbocycles. The maximum Gasteiger partial charge on any atom is 0.350 e. The number of hydrogen-bond acceptors (Lipinski definition) is 5. The third-order valence-electron chi connectivity index (χ3n) is 5.33. The molecule has 0 aliphatic rings. The van der Waals surface area contributed by atoms with Gasteiger partial charge in [0.25, 0.3) is 0 Å². The van der Waals surface area contributed by atoms with E-state index in [0.29, 0.717) is 18.9 Å². The smallest absolute Gasteiger partial charge is 0.350 e. The van der Waals surface area contributed by atoms with Crippen LogP contribution < -0.4 is 10.4 Å². The predicted octanol–water partition coefficient (Wildman–Crippen LogP) is 3.98. The third kappa shape index (κ3) is 4.93. The van der Waals surface area contributed by atoms with Crippen LogP contribution in [-0.2, 0) is 22.5 Å². The van der Waals surface area contributed by atoms with Crippen LogP contribution in [0.4, 0.5) is 0 Å². The van der Waals surface area contributed by atoms with E-state index in [0.717, 1.165) is 28.8 Å². The van der Waals surface area contributed by atoms with Crippen molar-refractivity contribution in [2.45, 2.75) is 60.1 Å². The van der Waals surface area contributed by atoms with Crippen molar-refractivity contribution in [2.75, 3.05) is 6.61 Å². The van der Waals surface area contributed by atoms with Gasteiger partial charge in [0.05, 0.1) is 18.8 Å². The van der Waals surface area contributed by atoms with Crippen LogP contribution in [0.5, 0.6) is 5.75 Å². The molecule has 0 saturated carbocycles. The first-order valence-corrected chi connectivity index (χ1v) is 10.9. The van der Waals surface area contributed by atoms with Crippen molar-refractivity contribution in [3.63, 3.8) is 0 Å². The van der Waals surface area contributed by atoms with Gasteiger partial charge in [-0.3, -0.25) is 0 Å². The molecule has 0 saturated heterocycles. The van der Waals surface area contributed by atoms with Gasteiger partial charge in [0, 0.05) is 0 Å². The zero-order chi connectivity index (χ0) is 23.5. The van der Waals surface area contributed by atoms with Gasteiger partial charge in [-0.25, -0.2) is 18.8 Å². The number of hydrogen-bond donors (Lipinski definition) is 0. The summed E-state index contributed by atoms with van der Waals surface area (Å²) in [5, 5.41) is 4.29. The minimum Gasteiger partial charge on any atom is -0.476 e. The van der Waals surface area contributed by atoms with Crippen molar-refractivity contribution in [1.82, 2.24) is 14.3 Å². The summed E-state index contributed by atoms with van der Waals surface area (Å²) >= 11 is 0. The monoisotopic (exact) mass is 437 g/mol. The van der Waals surface area contributed by atoms with Crippen molar-refractivity contribution in [2.24, 2.45) is 0 Å². The van der Waals surface area contributed by atoms with Crippen LogP contribution >= 0.6 is 0 Å². The molecule has 0 radical (unpaired) electrons. The molecule has 0 aliphatic heterocycles. The Morgan fingerprint density at radius 2 is 1.66 bits per heavy atom. The summed E-state index contributed by atoms with van der Waals surface area (Å²) in [7, 11) is 0. The molecule has 7 nitrogen and oxygen atoms in total. The van der Waals surface area contributed by atoms with E-state index in [2.05, 4.69) is 12.0 Å². The topological polar surface area (TPSA) is 75.3 Å². The Morgan fingerprint density at radius 1 is 1.03 bits per heavy atom. The first-order valence-electron chi connectivity index (χ1n) is 10.9. The molecule has 2 aromatic carbocycles. The van der Waals surface area contributed by atoms with E-state index < -0.39 is 11.6 Å². The van der Waals surface area contributed by atoms with Crippen molar-refractivity contribution in [3.8, 4) is 11.4 Å².